The second kappa shape index (κ2) is 8.03. The van der Waals surface area contributed by atoms with Gasteiger partial charge >= 0.3 is 0 Å². The van der Waals surface area contributed by atoms with Crippen molar-refractivity contribution in [1.29, 1.82) is 0 Å². The van der Waals surface area contributed by atoms with E-state index in [0.717, 1.165) is 25.3 Å². The average Bonchev–Trinajstić information content (AvgIpc) is 2.55. The Morgan fingerprint density at radius 2 is 1.90 bits per heavy atom. The van der Waals surface area contributed by atoms with Crippen LogP contribution in [0.15, 0.2) is 24.3 Å². The Balaban J connectivity index is 1.72. The molecule has 1 aromatic carbocycles. The summed E-state index contributed by atoms with van der Waals surface area (Å²) in [6, 6.07) is 7.97. The molecule has 1 aliphatic heterocycles. The van der Waals surface area contributed by atoms with Crippen molar-refractivity contribution in [3.63, 3.8) is 0 Å². The third-order valence-corrected chi connectivity index (χ3v) is 4.19. The van der Waals surface area contributed by atoms with Crippen LogP contribution in [0.4, 0.5) is 0 Å². The summed E-state index contributed by atoms with van der Waals surface area (Å²) in [5, 5.41) is 3.04. The molecule has 1 heterocycles. The van der Waals surface area contributed by atoms with Gasteiger partial charge in [0, 0.05) is 6.54 Å². The highest BCUT2D eigenvalue weighted by molar-refractivity contribution is 5.81. The fourth-order valence-electron chi connectivity index (χ4n) is 2.74. The average molecular weight is 290 g/mol. The normalized spacial score (nSPS) is 17.2. The van der Waals surface area contributed by atoms with Gasteiger partial charge < -0.3 is 10.1 Å². The summed E-state index contributed by atoms with van der Waals surface area (Å²) in [6.45, 7) is 4.79. The summed E-state index contributed by atoms with van der Waals surface area (Å²) >= 11 is 0. The first kappa shape index (κ1) is 15.8. The van der Waals surface area contributed by atoms with E-state index in [1.807, 2.05) is 31.2 Å². The van der Waals surface area contributed by atoms with Crippen LogP contribution in [0.25, 0.3) is 0 Å². The Morgan fingerprint density at radius 3 is 2.52 bits per heavy atom. The van der Waals surface area contributed by atoms with E-state index in [1.54, 1.807) is 7.11 Å². The topological polar surface area (TPSA) is 41.6 Å². The standard InChI is InChI=1S/C17H26N2O2/c1-14(19-12-4-3-5-13-19)17(20)18-11-10-15-6-8-16(21-2)9-7-15/h6-9,14H,3-5,10-13H2,1-2H3,(H,18,20)/t14-/m0/s1. The van der Waals surface area contributed by atoms with Crippen LogP contribution in [-0.4, -0.2) is 43.6 Å². The van der Waals surface area contributed by atoms with E-state index in [1.165, 1.54) is 24.8 Å². The summed E-state index contributed by atoms with van der Waals surface area (Å²) in [5.74, 6) is 1.01. The Kier molecular flexibility index (Phi) is 6.05. The highest BCUT2D eigenvalue weighted by atomic mass is 16.5. The Hall–Kier alpha value is -1.55. The van der Waals surface area contributed by atoms with Crippen molar-refractivity contribution in [3.05, 3.63) is 29.8 Å². The van der Waals surface area contributed by atoms with Crippen molar-refractivity contribution >= 4 is 5.91 Å². The summed E-state index contributed by atoms with van der Waals surface area (Å²) in [5.41, 5.74) is 1.21. The van der Waals surface area contributed by atoms with Gasteiger partial charge in [-0.2, -0.15) is 0 Å². The van der Waals surface area contributed by atoms with Gasteiger partial charge in [-0.15, -0.1) is 0 Å². The highest BCUT2D eigenvalue weighted by Crippen LogP contribution is 2.13. The van der Waals surface area contributed by atoms with Crippen LogP contribution in [0.5, 0.6) is 5.75 Å². The minimum Gasteiger partial charge on any atom is -0.497 e. The zero-order valence-electron chi connectivity index (χ0n) is 13.1. The van der Waals surface area contributed by atoms with E-state index >= 15 is 0 Å². The molecule has 2 rings (SSSR count). The summed E-state index contributed by atoms with van der Waals surface area (Å²) in [6.07, 6.45) is 4.57. The Morgan fingerprint density at radius 1 is 1.24 bits per heavy atom. The zero-order chi connectivity index (χ0) is 15.1. The van der Waals surface area contributed by atoms with Crippen molar-refractivity contribution in [2.75, 3.05) is 26.7 Å². The molecular formula is C17H26N2O2. The molecule has 21 heavy (non-hydrogen) atoms. The molecule has 0 aliphatic carbocycles. The molecule has 1 amide bonds. The van der Waals surface area contributed by atoms with Crippen LogP contribution >= 0.6 is 0 Å². The minimum atomic E-state index is -0.0128. The number of piperidine rings is 1. The maximum Gasteiger partial charge on any atom is 0.237 e. The summed E-state index contributed by atoms with van der Waals surface area (Å²) in [7, 11) is 1.66. The van der Waals surface area contributed by atoms with E-state index in [0.29, 0.717) is 6.54 Å². The molecule has 1 atom stereocenters. The fraction of sp³-hybridized carbons (Fsp3) is 0.588. The fourth-order valence-corrected chi connectivity index (χ4v) is 2.74. The van der Waals surface area contributed by atoms with Crippen LogP contribution in [-0.2, 0) is 11.2 Å². The Labute approximate surface area is 127 Å². The van der Waals surface area contributed by atoms with Gasteiger partial charge in [0.2, 0.25) is 5.91 Å². The first-order chi connectivity index (χ1) is 10.2. The lowest BCUT2D eigenvalue weighted by Gasteiger charge is -2.31. The van der Waals surface area contributed by atoms with Crippen LogP contribution in [0.1, 0.15) is 31.7 Å². The van der Waals surface area contributed by atoms with E-state index < -0.39 is 0 Å². The van der Waals surface area contributed by atoms with Crippen LogP contribution < -0.4 is 10.1 Å². The number of hydrogen-bond donors (Lipinski definition) is 1. The van der Waals surface area contributed by atoms with Crippen molar-refractivity contribution < 1.29 is 9.53 Å². The van der Waals surface area contributed by atoms with Gasteiger partial charge in [-0.25, -0.2) is 0 Å². The number of likely N-dealkylation sites (tertiary alicyclic amines) is 1. The molecule has 1 saturated heterocycles. The van der Waals surface area contributed by atoms with Gasteiger partial charge in [0.15, 0.2) is 0 Å². The quantitative estimate of drug-likeness (QED) is 0.873. The van der Waals surface area contributed by atoms with Crippen molar-refractivity contribution in [2.45, 2.75) is 38.6 Å². The molecule has 4 heteroatoms. The lowest BCUT2D eigenvalue weighted by atomic mass is 10.1. The number of hydrogen-bond acceptors (Lipinski definition) is 3. The molecular weight excluding hydrogens is 264 g/mol. The third-order valence-electron chi connectivity index (χ3n) is 4.19. The lowest BCUT2D eigenvalue weighted by molar-refractivity contribution is -0.126. The number of nitrogens with one attached hydrogen (secondary N) is 1. The SMILES string of the molecule is COc1ccc(CCNC(=O)[C@H](C)N2CCCCC2)cc1. The van der Waals surface area contributed by atoms with E-state index in [-0.39, 0.29) is 11.9 Å². The number of amides is 1. The summed E-state index contributed by atoms with van der Waals surface area (Å²) in [4.78, 5) is 14.4. The molecule has 1 N–H and O–H groups in total. The van der Waals surface area contributed by atoms with Crippen LogP contribution in [0.3, 0.4) is 0 Å². The third kappa shape index (κ3) is 4.74. The number of nitrogens with zero attached hydrogens (tertiary/aromatic N) is 1. The summed E-state index contributed by atoms with van der Waals surface area (Å²) < 4.78 is 5.14. The minimum absolute atomic E-state index is 0.0128. The number of benzene rings is 1. The zero-order valence-corrected chi connectivity index (χ0v) is 13.1. The highest BCUT2D eigenvalue weighted by Gasteiger charge is 2.22. The maximum atomic E-state index is 12.2. The first-order valence-corrected chi connectivity index (χ1v) is 7.85. The molecule has 0 saturated carbocycles. The van der Waals surface area contributed by atoms with Crippen molar-refractivity contribution in [3.8, 4) is 5.75 Å². The molecule has 0 bridgehead atoms. The molecule has 1 aliphatic rings. The molecule has 0 radical (unpaired) electrons. The Bertz CT molecular complexity index is 439. The van der Waals surface area contributed by atoms with E-state index in [4.69, 9.17) is 4.74 Å². The molecule has 0 spiro atoms. The van der Waals surface area contributed by atoms with Crippen molar-refractivity contribution in [2.24, 2.45) is 0 Å². The van der Waals surface area contributed by atoms with Crippen LogP contribution in [0, 0.1) is 0 Å². The van der Waals surface area contributed by atoms with E-state index in [2.05, 4.69) is 10.2 Å². The van der Waals surface area contributed by atoms with Gasteiger partial charge in [0.05, 0.1) is 13.2 Å². The van der Waals surface area contributed by atoms with Crippen LogP contribution in [0.2, 0.25) is 0 Å². The van der Waals surface area contributed by atoms with Gasteiger partial charge in [0.25, 0.3) is 0 Å². The number of carbonyl (C=O) groups is 1. The molecule has 0 aromatic heterocycles. The smallest absolute Gasteiger partial charge is 0.237 e. The monoisotopic (exact) mass is 290 g/mol. The number of rotatable bonds is 6. The number of carbonyl (C=O) groups excluding carboxylic acids is 1. The molecule has 116 valence electrons. The molecule has 4 nitrogen and oxygen atoms in total. The largest absolute Gasteiger partial charge is 0.497 e. The van der Waals surface area contributed by atoms with Gasteiger partial charge in [-0.1, -0.05) is 18.6 Å². The predicted octanol–water partition coefficient (Wildman–Crippen LogP) is 2.23. The molecule has 0 unspecified atom stereocenters. The van der Waals surface area contributed by atoms with Crippen molar-refractivity contribution in [1.82, 2.24) is 10.2 Å². The van der Waals surface area contributed by atoms with Gasteiger partial charge in [-0.05, 0) is 57.0 Å². The lowest BCUT2D eigenvalue weighted by Crippen LogP contribution is -2.47. The molecule has 1 aromatic rings. The number of ether oxygens (including phenoxy) is 1. The molecule has 1 fully saturated rings. The first-order valence-electron chi connectivity index (χ1n) is 7.85. The van der Waals surface area contributed by atoms with Gasteiger partial charge in [0.1, 0.15) is 5.75 Å². The second-order valence-electron chi connectivity index (χ2n) is 5.66. The number of methoxy groups -OCH3 is 1. The maximum absolute atomic E-state index is 12.2. The van der Waals surface area contributed by atoms with E-state index in [9.17, 15) is 4.79 Å². The second-order valence-corrected chi connectivity index (χ2v) is 5.66. The van der Waals surface area contributed by atoms with Gasteiger partial charge in [-0.3, -0.25) is 9.69 Å². The predicted molar refractivity (Wildman–Crippen MR) is 84.6 cm³/mol.